The lowest BCUT2D eigenvalue weighted by atomic mass is 9.98. The number of hydrogen-bond donors (Lipinski definition) is 3. The largest absolute Gasteiger partial charge is 0.504 e. The van der Waals surface area contributed by atoms with E-state index >= 15 is 0 Å². The maximum atomic E-state index is 11.2. The molecule has 0 saturated heterocycles. The van der Waals surface area contributed by atoms with Gasteiger partial charge in [-0.3, -0.25) is 4.79 Å². The molecule has 6 heteroatoms. The zero-order valence-corrected chi connectivity index (χ0v) is 8.18. The van der Waals surface area contributed by atoms with Gasteiger partial charge in [0.15, 0.2) is 11.5 Å². The van der Waals surface area contributed by atoms with Gasteiger partial charge in [-0.25, -0.2) is 4.79 Å². The second kappa shape index (κ2) is 3.90. The highest BCUT2D eigenvalue weighted by Crippen LogP contribution is 2.33. The Morgan fingerprint density at radius 2 is 1.94 bits per heavy atom. The number of phenols is 2. The van der Waals surface area contributed by atoms with E-state index in [2.05, 4.69) is 0 Å². The van der Waals surface area contributed by atoms with Crippen molar-refractivity contribution in [2.75, 3.05) is 0 Å². The van der Waals surface area contributed by atoms with E-state index in [0.29, 0.717) is 0 Å². The van der Waals surface area contributed by atoms with E-state index in [1.807, 2.05) is 0 Å². The van der Waals surface area contributed by atoms with Crippen molar-refractivity contribution < 1.29 is 24.9 Å². The molecular weight excluding hydrogens is 214 g/mol. The third-order valence-corrected chi connectivity index (χ3v) is 2.09. The summed E-state index contributed by atoms with van der Waals surface area (Å²) in [4.78, 5) is 21.7. The minimum atomic E-state index is -1.70. The van der Waals surface area contributed by atoms with Gasteiger partial charge >= 0.3 is 5.97 Å². The van der Waals surface area contributed by atoms with Crippen LogP contribution in [-0.4, -0.2) is 27.1 Å². The van der Waals surface area contributed by atoms with Crippen LogP contribution in [0.5, 0.6) is 11.5 Å². The van der Waals surface area contributed by atoms with E-state index in [9.17, 15) is 19.8 Å². The van der Waals surface area contributed by atoms with Gasteiger partial charge in [0.2, 0.25) is 0 Å². The first-order chi connectivity index (χ1) is 7.40. The number of carbonyl (C=O) groups is 2. The van der Waals surface area contributed by atoms with Crippen molar-refractivity contribution in [3.8, 4) is 17.6 Å². The highest BCUT2D eigenvalue weighted by atomic mass is 16.4. The predicted octanol–water partition coefficient (Wildman–Crippen LogP) is 0.545. The summed E-state index contributed by atoms with van der Waals surface area (Å²) in [5, 5.41) is 35.7. The van der Waals surface area contributed by atoms with Crippen molar-refractivity contribution in [3.63, 3.8) is 0 Å². The average Bonchev–Trinajstić information content (AvgIpc) is 2.23. The van der Waals surface area contributed by atoms with E-state index in [4.69, 9.17) is 10.4 Å². The number of carboxylic acids is 1. The second-order valence-electron chi connectivity index (χ2n) is 3.04. The summed E-state index contributed by atoms with van der Waals surface area (Å²) in [6, 6.07) is 2.40. The SMILES string of the molecule is Cc1c(C(=O)C(=O)O)cc(O)c(O)c1C#N. The van der Waals surface area contributed by atoms with Crippen LogP contribution in [0.1, 0.15) is 21.5 Å². The zero-order valence-electron chi connectivity index (χ0n) is 8.18. The molecule has 0 aliphatic carbocycles. The van der Waals surface area contributed by atoms with Crippen molar-refractivity contribution in [3.05, 3.63) is 22.8 Å². The highest BCUT2D eigenvalue weighted by molar-refractivity contribution is 6.40. The molecule has 0 atom stereocenters. The number of phenolic OH excluding ortho intramolecular Hbond substituents is 2. The molecule has 0 unspecified atom stereocenters. The van der Waals surface area contributed by atoms with Gasteiger partial charge in [-0.15, -0.1) is 0 Å². The summed E-state index contributed by atoms with van der Waals surface area (Å²) in [5.41, 5.74) is -0.617. The number of benzene rings is 1. The number of rotatable bonds is 2. The van der Waals surface area contributed by atoms with E-state index in [1.54, 1.807) is 6.07 Å². The zero-order chi connectivity index (χ0) is 12.5. The maximum absolute atomic E-state index is 11.2. The van der Waals surface area contributed by atoms with Crippen LogP contribution in [0.4, 0.5) is 0 Å². The van der Waals surface area contributed by atoms with Gasteiger partial charge in [-0.1, -0.05) is 0 Å². The molecule has 1 aromatic rings. The van der Waals surface area contributed by atoms with Crippen molar-refractivity contribution in [1.82, 2.24) is 0 Å². The Labute approximate surface area is 90.0 Å². The minimum Gasteiger partial charge on any atom is -0.504 e. The first-order valence-electron chi connectivity index (χ1n) is 4.13. The molecule has 0 heterocycles. The minimum absolute atomic E-state index is 0.0187. The molecule has 0 aliphatic rings. The molecule has 0 spiro atoms. The van der Waals surface area contributed by atoms with Crippen LogP contribution in [0.15, 0.2) is 6.07 Å². The van der Waals surface area contributed by atoms with Crippen LogP contribution in [0.25, 0.3) is 0 Å². The Morgan fingerprint density at radius 1 is 1.38 bits per heavy atom. The van der Waals surface area contributed by atoms with Gasteiger partial charge in [0.25, 0.3) is 5.78 Å². The lowest BCUT2D eigenvalue weighted by molar-refractivity contribution is -0.131. The van der Waals surface area contributed by atoms with Gasteiger partial charge in [0.1, 0.15) is 11.6 Å². The quantitative estimate of drug-likeness (QED) is 0.381. The number of hydrogen-bond acceptors (Lipinski definition) is 5. The summed E-state index contributed by atoms with van der Waals surface area (Å²) in [6.45, 7) is 1.31. The third-order valence-electron chi connectivity index (χ3n) is 2.09. The summed E-state index contributed by atoms with van der Waals surface area (Å²) in [6.07, 6.45) is 0. The molecule has 82 valence electrons. The molecule has 0 aliphatic heterocycles. The number of aliphatic carboxylic acids is 1. The van der Waals surface area contributed by atoms with Gasteiger partial charge < -0.3 is 15.3 Å². The van der Waals surface area contributed by atoms with Crippen LogP contribution < -0.4 is 0 Å². The Morgan fingerprint density at radius 3 is 2.38 bits per heavy atom. The first-order valence-corrected chi connectivity index (χ1v) is 4.13. The van der Waals surface area contributed by atoms with Crippen molar-refractivity contribution in [1.29, 1.82) is 5.26 Å². The van der Waals surface area contributed by atoms with Crippen LogP contribution in [-0.2, 0) is 4.79 Å². The molecule has 0 fully saturated rings. The monoisotopic (exact) mass is 221 g/mol. The summed E-state index contributed by atoms with van der Waals surface area (Å²) in [7, 11) is 0. The summed E-state index contributed by atoms with van der Waals surface area (Å²) < 4.78 is 0. The average molecular weight is 221 g/mol. The second-order valence-corrected chi connectivity index (χ2v) is 3.04. The number of carbonyl (C=O) groups excluding carboxylic acids is 1. The van der Waals surface area contributed by atoms with Gasteiger partial charge in [0.05, 0.1) is 0 Å². The number of carboxylic acid groups (broad SMARTS) is 1. The molecule has 0 amide bonds. The van der Waals surface area contributed by atoms with Crippen LogP contribution >= 0.6 is 0 Å². The number of nitrogens with zero attached hydrogens (tertiary/aromatic N) is 1. The van der Waals surface area contributed by atoms with Gasteiger partial charge in [-0.05, 0) is 18.6 Å². The molecular formula is C10H7NO5. The number of aromatic hydroxyl groups is 2. The summed E-state index contributed by atoms with van der Waals surface area (Å²) in [5.74, 6) is -4.31. The molecule has 0 saturated carbocycles. The Kier molecular flexibility index (Phi) is 2.81. The molecule has 3 N–H and O–H groups in total. The lowest BCUT2D eigenvalue weighted by Gasteiger charge is -2.07. The summed E-state index contributed by atoms with van der Waals surface area (Å²) >= 11 is 0. The number of nitriles is 1. The van der Waals surface area contributed by atoms with Crippen LogP contribution in [0.3, 0.4) is 0 Å². The van der Waals surface area contributed by atoms with E-state index in [0.717, 1.165) is 6.07 Å². The van der Waals surface area contributed by atoms with Gasteiger partial charge in [-0.2, -0.15) is 5.26 Å². The number of Topliss-reactive ketones (excluding diaryl/α,β-unsaturated/α-hetero) is 1. The Hall–Kier alpha value is -2.55. The van der Waals surface area contributed by atoms with E-state index in [1.165, 1.54) is 6.92 Å². The molecule has 1 rings (SSSR count). The van der Waals surface area contributed by atoms with Crippen molar-refractivity contribution in [2.24, 2.45) is 0 Å². The first kappa shape index (κ1) is 11.5. The molecule has 0 aromatic heterocycles. The molecule has 1 aromatic carbocycles. The molecule has 0 radical (unpaired) electrons. The van der Waals surface area contributed by atoms with Crippen LogP contribution in [0.2, 0.25) is 0 Å². The molecule has 0 bridgehead atoms. The fraction of sp³-hybridized carbons (Fsp3) is 0.100. The van der Waals surface area contributed by atoms with Crippen molar-refractivity contribution >= 4 is 11.8 Å². The Balaban J connectivity index is 3.57. The fourth-order valence-electron chi connectivity index (χ4n) is 1.24. The fourth-order valence-corrected chi connectivity index (χ4v) is 1.24. The lowest BCUT2D eigenvalue weighted by Crippen LogP contribution is -2.14. The highest BCUT2D eigenvalue weighted by Gasteiger charge is 2.22. The van der Waals surface area contributed by atoms with Crippen LogP contribution in [0, 0.1) is 18.3 Å². The Bertz CT molecular complexity index is 527. The molecule has 6 nitrogen and oxygen atoms in total. The smallest absolute Gasteiger partial charge is 0.377 e. The maximum Gasteiger partial charge on any atom is 0.377 e. The van der Waals surface area contributed by atoms with E-state index < -0.39 is 23.3 Å². The predicted molar refractivity (Wildman–Crippen MR) is 51.2 cm³/mol. The normalized spacial score (nSPS) is 9.50. The molecule has 16 heavy (non-hydrogen) atoms. The van der Waals surface area contributed by atoms with E-state index in [-0.39, 0.29) is 16.7 Å². The third kappa shape index (κ3) is 1.66. The van der Waals surface area contributed by atoms with Crippen molar-refractivity contribution in [2.45, 2.75) is 6.92 Å². The van der Waals surface area contributed by atoms with Gasteiger partial charge in [0, 0.05) is 5.56 Å². The topological polar surface area (TPSA) is 119 Å². The standard InChI is InChI=1S/C10H7NO5/c1-4-5(9(14)10(15)16)2-7(12)8(13)6(4)3-11/h2,12-13H,1H3,(H,15,16). The number of ketones is 1.